The fourth-order valence-electron chi connectivity index (χ4n) is 14.9. The van der Waals surface area contributed by atoms with Crippen molar-refractivity contribution in [2.24, 2.45) is 34.5 Å². The van der Waals surface area contributed by atoms with Crippen LogP contribution in [0.2, 0.25) is 0 Å². The second-order valence-electron chi connectivity index (χ2n) is 20.3. The van der Waals surface area contributed by atoms with Crippen molar-refractivity contribution >= 4 is 76.1 Å². The van der Waals surface area contributed by atoms with Crippen molar-refractivity contribution in [3.05, 3.63) is 198 Å². The second-order valence-corrected chi connectivity index (χ2v) is 20.3. The van der Waals surface area contributed by atoms with Crippen LogP contribution in [0.3, 0.4) is 0 Å². The summed E-state index contributed by atoms with van der Waals surface area (Å²) < 4.78 is 8.67. The average molecular weight is 788 g/mol. The summed E-state index contributed by atoms with van der Waals surface area (Å²) in [7, 11) is 0. The van der Waals surface area contributed by atoms with Crippen LogP contribution in [-0.4, -0.2) is 4.57 Å². The van der Waals surface area contributed by atoms with E-state index in [4.69, 9.17) is 4.42 Å². The number of nitrogens with zero attached hydrogens (tertiary/aromatic N) is 1. The van der Waals surface area contributed by atoms with Crippen molar-refractivity contribution in [3.8, 4) is 16.8 Å². The zero-order chi connectivity index (χ0) is 39.5. The molecule has 4 saturated carbocycles. The molecule has 2 spiro atoms. The van der Waals surface area contributed by atoms with Gasteiger partial charge in [0.2, 0.25) is 0 Å². The van der Waals surface area contributed by atoms with E-state index in [1.54, 1.807) is 16.7 Å². The molecule has 4 bridgehead atoms. The highest BCUT2D eigenvalue weighted by Gasteiger charge is 2.85. The minimum absolute atomic E-state index is 0.361. The van der Waals surface area contributed by atoms with E-state index in [0.29, 0.717) is 34.5 Å². The summed E-state index contributed by atoms with van der Waals surface area (Å²) in [6.45, 7) is 0. The molecule has 2 heteroatoms. The van der Waals surface area contributed by atoms with Gasteiger partial charge < -0.3 is 8.98 Å². The van der Waals surface area contributed by atoms with E-state index in [0.717, 1.165) is 51.3 Å². The van der Waals surface area contributed by atoms with E-state index < -0.39 is 0 Å². The van der Waals surface area contributed by atoms with Crippen molar-refractivity contribution < 1.29 is 4.42 Å². The molecule has 0 amide bonds. The predicted octanol–water partition coefficient (Wildman–Crippen LogP) is 14.9. The normalized spacial score (nSPS) is 31.4. The van der Waals surface area contributed by atoms with E-state index in [2.05, 4.69) is 175 Å². The van der Waals surface area contributed by atoms with Gasteiger partial charge in [0.1, 0.15) is 11.2 Å². The molecule has 2 nitrogen and oxygen atoms in total. The number of furan rings is 1. The SMILES string of the molecule is C1=CC2C3C4c5cc6c7cc(-c8ccc9c(c8)c8ccccc8n9-c8ccc9oc%10ccccc%10c9c8)ccc7c7cc8c(cc7c6cc5C1C=CC243)C1C2C3C=CC8C=CC312. The molecule has 8 aliphatic carbocycles. The van der Waals surface area contributed by atoms with Crippen LogP contribution in [0.4, 0.5) is 0 Å². The number of rotatable bonds is 2. The van der Waals surface area contributed by atoms with Gasteiger partial charge in [0, 0.05) is 49.9 Å². The lowest BCUT2D eigenvalue weighted by Gasteiger charge is -2.25. The molecule has 10 atom stereocenters. The Bertz CT molecular complexity index is 4020. The average Bonchev–Trinajstić information content (AvgIpc) is 4.25. The van der Waals surface area contributed by atoms with Gasteiger partial charge in [-0.3, -0.25) is 0 Å². The minimum Gasteiger partial charge on any atom is -0.456 e. The number of allylic oxidation sites excluding steroid dienone is 8. The van der Waals surface area contributed by atoms with Gasteiger partial charge in [0.25, 0.3) is 0 Å². The fraction of sp³-hybridized carbons (Fsp3) is 0.167. The first-order chi connectivity index (χ1) is 30.7. The summed E-state index contributed by atoms with van der Waals surface area (Å²) in [5.41, 5.74) is 15.0. The lowest BCUT2D eigenvalue weighted by Crippen LogP contribution is -2.10. The Balaban J connectivity index is 0.872. The standard InChI is InChI=1S/C60H37NO/c1-3-7-51-36(5-1)45-24-33(12-17-52(45)61(51)34-13-18-54-46(25-34)37-6-2-4-8-53(37)62-54)32-9-14-35-40(23-32)43-28-47-39(31-11-16-50-57-55(47)59(50,57)22-20-31)27-42(43)44-29-48-38(26-41(35)44)30-10-15-49-58-56(48)60(49,58)21-19-30/h1-31,49-50,55-58H. The highest BCUT2D eigenvalue weighted by molar-refractivity contribution is 6.26. The van der Waals surface area contributed by atoms with Gasteiger partial charge in [-0.15, -0.1) is 0 Å². The van der Waals surface area contributed by atoms with Crippen LogP contribution in [0, 0.1) is 34.5 Å². The Kier molecular flexibility index (Phi) is 4.88. The first-order valence-corrected chi connectivity index (χ1v) is 22.9. The maximum Gasteiger partial charge on any atom is 0.135 e. The first-order valence-electron chi connectivity index (χ1n) is 22.9. The van der Waals surface area contributed by atoms with E-state index in [9.17, 15) is 0 Å². The number of hydrogen-bond donors (Lipinski definition) is 0. The highest BCUT2D eigenvalue weighted by Crippen LogP contribution is 2.91. The van der Waals surface area contributed by atoms with Gasteiger partial charge in [-0.1, -0.05) is 103 Å². The lowest BCUT2D eigenvalue weighted by atomic mass is 9.78. The minimum atomic E-state index is 0.361. The molecule has 8 aliphatic rings. The third-order valence-corrected chi connectivity index (χ3v) is 18.0. The first kappa shape index (κ1) is 31.0. The van der Waals surface area contributed by atoms with Crippen LogP contribution in [0.5, 0.6) is 0 Å². The van der Waals surface area contributed by atoms with Crippen molar-refractivity contribution in [2.45, 2.75) is 23.7 Å². The molecule has 0 N–H and O–H groups in total. The number of para-hydroxylation sites is 2. The topological polar surface area (TPSA) is 18.1 Å². The molecule has 8 aromatic carbocycles. The molecule has 0 aliphatic heterocycles. The van der Waals surface area contributed by atoms with Crippen molar-refractivity contribution in [3.63, 3.8) is 0 Å². The molecule has 10 aromatic rings. The van der Waals surface area contributed by atoms with Crippen LogP contribution in [-0.2, 0) is 0 Å². The predicted molar refractivity (Wildman–Crippen MR) is 252 cm³/mol. The van der Waals surface area contributed by atoms with Crippen LogP contribution in [0.25, 0.3) is 92.9 Å². The Hall–Kier alpha value is -6.90. The number of aromatic nitrogens is 1. The Morgan fingerprint density at radius 2 is 0.952 bits per heavy atom. The molecule has 62 heavy (non-hydrogen) atoms. The molecule has 2 heterocycles. The molecule has 18 rings (SSSR count). The Labute approximate surface area is 356 Å². The summed E-state index contributed by atoms with van der Waals surface area (Å²) >= 11 is 0. The lowest BCUT2D eigenvalue weighted by molar-refractivity contribution is 0.583. The summed E-state index contributed by atoms with van der Waals surface area (Å²) in [5.74, 6) is 5.16. The fourth-order valence-corrected chi connectivity index (χ4v) is 14.9. The summed E-state index contributed by atoms with van der Waals surface area (Å²) in [5, 5.41) is 13.3. The van der Waals surface area contributed by atoms with Crippen LogP contribution < -0.4 is 0 Å². The van der Waals surface area contributed by atoms with E-state index in [-0.39, 0.29) is 0 Å². The van der Waals surface area contributed by atoms with E-state index in [1.165, 1.54) is 70.8 Å². The molecule has 10 unspecified atom stereocenters. The largest absolute Gasteiger partial charge is 0.456 e. The van der Waals surface area contributed by atoms with Crippen molar-refractivity contribution in [1.29, 1.82) is 0 Å². The summed E-state index contributed by atoms with van der Waals surface area (Å²) in [4.78, 5) is 0. The number of hydrogen-bond acceptors (Lipinski definition) is 1. The van der Waals surface area contributed by atoms with Crippen molar-refractivity contribution in [2.75, 3.05) is 0 Å². The van der Waals surface area contributed by atoms with Crippen LogP contribution in [0.1, 0.15) is 45.9 Å². The zero-order valence-corrected chi connectivity index (χ0v) is 33.7. The van der Waals surface area contributed by atoms with Crippen LogP contribution >= 0.6 is 0 Å². The monoisotopic (exact) mass is 787 g/mol. The van der Waals surface area contributed by atoms with Gasteiger partial charge in [-0.25, -0.2) is 0 Å². The van der Waals surface area contributed by atoms with Gasteiger partial charge in [0.15, 0.2) is 0 Å². The third kappa shape index (κ3) is 3.33. The molecule has 4 fully saturated rings. The molecular weight excluding hydrogens is 751 g/mol. The van der Waals surface area contributed by atoms with Crippen LogP contribution in [0.15, 0.2) is 180 Å². The smallest absolute Gasteiger partial charge is 0.135 e. The Morgan fingerprint density at radius 3 is 1.68 bits per heavy atom. The second kappa shape index (κ2) is 9.75. The molecule has 0 radical (unpaired) electrons. The van der Waals surface area contributed by atoms with Gasteiger partial charge >= 0.3 is 0 Å². The zero-order valence-electron chi connectivity index (χ0n) is 33.7. The molecular formula is C60H37NO. The van der Waals surface area contributed by atoms with Crippen molar-refractivity contribution in [1.82, 2.24) is 4.57 Å². The van der Waals surface area contributed by atoms with Gasteiger partial charge in [-0.2, -0.15) is 0 Å². The van der Waals surface area contributed by atoms with E-state index in [1.807, 2.05) is 6.07 Å². The van der Waals surface area contributed by atoms with E-state index >= 15 is 0 Å². The molecule has 288 valence electrons. The van der Waals surface area contributed by atoms with Gasteiger partial charge in [-0.05, 0) is 174 Å². The molecule has 0 saturated heterocycles. The third-order valence-electron chi connectivity index (χ3n) is 18.0. The highest BCUT2D eigenvalue weighted by atomic mass is 16.3. The number of benzene rings is 8. The maximum atomic E-state index is 6.24. The summed E-state index contributed by atoms with van der Waals surface area (Å²) in [6, 6.07) is 49.0. The van der Waals surface area contributed by atoms with Gasteiger partial charge in [0.05, 0.1) is 11.0 Å². The maximum absolute atomic E-state index is 6.24. The quantitative estimate of drug-likeness (QED) is 0.126. The molecule has 2 aromatic heterocycles. The Morgan fingerprint density at radius 1 is 0.387 bits per heavy atom. The summed E-state index contributed by atoms with van der Waals surface area (Å²) in [6.07, 6.45) is 20.5. The number of fused-ring (bicyclic) bond motifs is 24.